The van der Waals surface area contributed by atoms with Gasteiger partial charge in [-0.3, -0.25) is 14.6 Å². The second-order valence-electron chi connectivity index (χ2n) is 6.96. The summed E-state index contributed by atoms with van der Waals surface area (Å²) >= 11 is 3.25. The van der Waals surface area contributed by atoms with E-state index in [1.54, 1.807) is 23.1 Å². The largest absolute Gasteiger partial charge is 0.379 e. The first-order valence-corrected chi connectivity index (χ1v) is 11.9. The molecule has 160 valence electrons. The van der Waals surface area contributed by atoms with Crippen molar-refractivity contribution in [3.8, 4) is 0 Å². The Hall–Kier alpha value is -1.64. The van der Waals surface area contributed by atoms with Crippen LogP contribution in [0.3, 0.4) is 0 Å². The molecule has 0 aliphatic carbocycles. The molecular formula is C22H26ClN3O2S2. The lowest BCUT2D eigenvalue weighted by molar-refractivity contribution is 0.0376. The topological polar surface area (TPSA) is 45.7 Å². The fourth-order valence-electron chi connectivity index (χ4n) is 3.43. The second-order valence-corrected chi connectivity index (χ2v) is 8.85. The number of para-hydroxylation sites is 1. The number of nitrogens with zero attached hydrogens (tertiary/aromatic N) is 3. The van der Waals surface area contributed by atoms with Crippen LogP contribution < -0.4 is 4.90 Å². The predicted octanol–water partition coefficient (Wildman–Crippen LogP) is 4.81. The summed E-state index contributed by atoms with van der Waals surface area (Å²) in [6.45, 7) is 5.13. The molecule has 1 fully saturated rings. The second kappa shape index (κ2) is 11.1. The molecule has 0 radical (unpaired) electrons. The van der Waals surface area contributed by atoms with E-state index < -0.39 is 0 Å². The molecule has 1 aliphatic rings. The number of thiazole rings is 1. The number of ether oxygens (including phenoxy) is 1. The smallest absolute Gasteiger partial charge is 0.260 e. The molecule has 0 atom stereocenters. The molecule has 4 rings (SSSR count). The molecule has 1 saturated heterocycles. The number of halogens is 1. The van der Waals surface area contributed by atoms with Crippen molar-refractivity contribution in [1.29, 1.82) is 0 Å². The molecule has 2 heterocycles. The molecular weight excluding hydrogens is 438 g/mol. The molecule has 30 heavy (non-hydrogen) atoms. The molecule has 0 unspecified atom stereocenters. The van der Waals surface area contributed by atoms with Crippen LogP contribution in [0.5, 0.6) is 0 Å². The lowest BCUT2D eigenvalue weighted by Crippen LogP contribution is -2.39. The molecule has 0 saturated carbocycles. The first-order chi connectivity index (χ1) is 14.2. The Morgan fingerprint density at radius 2 is 1.90 bits per heavy atom. The van der Waals surface area contributed by atoms with Crippen molar-refractivity contribution in [2.45, 2.75) is 11.3 Å². The molecule has 1 amide bonds. The van der Waals surface area contributed by atoms with Gasteiger partial charge < -0.3 is 4.74 Å². The lowest BCUT2D eigenvalue weighted by Gasteiger charge is -2.27. The Balaban J connectivity index is 0.00000256. The summed E-state index contributed by atoms with van der Waals surface area (Å²) < 4.78 is 6.53. The maximum Gasteiger partial charge on any atom is 0.260 e. The van der Waals surface area contributed by atoms with Crippen LogP contribution in [0.15, 0.2) is 53.4 Å². The highest BCUT2D eigenvalue weighted by Crippen LogP contribution is 2.30. The van der Waals surface area contributed by atoms with Gasteiger partial charge in [0, 0.05) is 36.6 Å². The van der Waals surface area contributed by atoms with Crippen LogP contribution in [0, 0.1) is 0 Å². The predicted molar refractivity (Wildman–Crippen MR) is 129 cm³/mol. The average Bonchev–Trinajstić information content (AvgIpc) is 3.21. The van der Waals surface area contributed by atoms with E-state index in [9.17, 15) is 4.79 Å². The van der Waals surface area contributed by atoms with Gasteiger partial charge in [0.1, 0.15) is 0 Å². The summed E-state index contributed by atoms with van der Waals surface area (Å²) in [6.07, 6.45) is 2.94. The lowest BCUT2D eigenvalue weighted by atomic mass is 10.2. The van der Waals surface area contributed by atoms with E-state index in [4.69, 9.17) is 9.72 Å². The van der Waals surface area contributed by atoms with Gasteiger partial charge in [0.2, 0.25) is 0 Å². The molecule has 3 aromatic rings. The summed E-state index contributed by atoms with van der Waals surface area (Å²) in [4.78, 5) is 23.5. The maximum absolute atomic E-state index is 13.4. The third-order valence-corrected chi connectivity index (χ3v) is 6.86. The van der Waals surface area contributed by atoms with Crippen LogP contribution >= 0.6 is 35.5 Å². The number of fused-ring (bicyclic) bond motifs is 1. The third kappa shape index (κ3) is 5.53. The zero-order valence-electron chi connectivity index (χ0n) is 17.0. The van der Waals surface area contributed by atoms with Gasteiger partial charge in [0.25, 0.3) is 5.91 Å². The standard InChI is InChI=1S/C22H25N3O2S2.ClH/c1-28-18-9-7-17(8-10-18)21(26)25(12-4-11-24-13-15-27-16-14-24)22-23-19-5-2-3-6-20(19)29-22;/h2-3,5-10H,4,11-16H2,1H3;1H. The van der Waals surface area contributed by atoms with E-state index in [1.165, 1.54) is 0 Å². The van der Waals surface area contributed by atoms with Crippen LogP contribution in [-0.4, -0.2) is 61.4 Å². The number of aromatic nitrogens is 1. The van der Waals surface area contributed by atoms with E-state index in [1.807, 2.05) is 53.6 Å². The number of amides is 1. The van der Waals surface area contributed by atoms with Crippen molar-refractivity contribution in [3.05, 3.63) is 54.1 Å². The monoisotopic (exact) mass is 463 g/mol. The van der Waals surface area contributed by atoms with Gasteiger partial charge in [0.05, 0.1) is 23.4 Å². The summed E-state index contributed by atoms with van der Waals surface area (Å²) in [5, 5.41) is 0.770. The Morgan fingerprint density at radius 1 is 1.17 bits per heavy atom. The van der Waals surface area contributed by atoms with Crippen molar-refractivity contribution in [3.63, 3.8) is 0 Å². The zero-order chi connectivity index (χ0) is 20.1. The van der Waals surface area contributed by atoms with E-state index in [-0.39, 0.29) is 18.3 Å². The van der Waals surface area contributed by atoms with E-state index in [2.05, 4.69) is 11.0 Å². The number of rotatable bonds is 7. The Labute approximate surface area is 191 Å². The van der Waals surface area contributed by atoms with Gasteiger partial charge in [-0.2, -0.15) is 0 Å². The van der Waals surface area contributed by atoms with Gasteiger partial charge in [0.15, 0.2) is 5.13 Å². The molecule has 1 aromatic heterocycles. The quantitative estimate of drug-likeness (QED) is 0.470. The van der Waals surface area contributed by atoms with Crippen LogP contribution in [0.25, 0.3) is 10.2 Å². The molecule has 0 spiro atoms. The minimum atomic E-state index is 0. The van der Waals surface area contributed by atoms with Crippen LogP contribution in [-0.2, 0) is 4.74 Å². The normalized spacial score (nSPS) is 14.4. The highest BCUT2D eigenvalue weighted by molar-refractivity contribution is 7.98. The number of benzene rings is 2. The van der Waals surface area contributed by atoms with Crippen LogP contribution in [0.1, 0.15) is 16.8 Å². The number of hydrogen-bond acceptors (Lipinski definition) is 6. The van der Waals surface area contributed by atoms with Crippen LogP contribution in [0.2, 0.25) is 0 Å². The first kappa shape index (κ1) is 23.0. The van der Waals surface area contributed by atoms with Gasteiger partial charge in [-0.1, -0.05) is 23.5 Å². The number of carbonyl (C=O) groups excluding carboxylic acids is 1. The highest BCUT2D eigenvalue weighted by Gasteiger charge is 2.21. The molecule has 0 bridgehead atoms. The minimum Gasteiger partial charge on any atom is -0.379 e. The van der Waals surface area contributed by atoms with Gasteiger partial charge in [-0.15, -0.1) is 24.2 Å². The summed E-state index contributed by atoms with van der Waals surface area (Å²) in [6, 6.07) is 15.9. The number of anilines is 1. The van der Waals surface area contributed by atoms with Crippen molar-refractivity contribution in [2.24, 2.45) is 0 Å². The van der Waals surface area contributed by atoms with E-state index in [0.717, 1.165) is 59.5 Å². The van der Waals surface area contributed by atoms with Gasteiger partial charge in [-0.25, -0.2) is 4.98 Å². The van der Waals surface area contributed by atoms with Crippen molar-refractivity contribution in [1.82, 2.24) is 9.88 Å². The summed E-state index contributed by atoms with van der Waals surface area (Å²) in [5.41, 5.74) is 1.64. The van der Waals surface area contributed by atoms with E-state index >= 15 is 0 Å². The number of thioether (sulfide) groups is 1. The van der Waals surface area contributed by atoms with Gasteiger partial charge >= 0.3 is 0 Å². The van der Waals surface area contributed by atoms with Crippen molar-refractivity contribution >= 4 is 56.8 Å². The fourth-order valence-corrected chi connectivity index (χ4v) is 4.82. The Bertz CT molecular complexity index is 925. The molecule has 5 nitrogen and oxygen atoms in total. The molecule has 0 N–H and O–H groups in total. The molecule has 8 heteroatoms. The van der Waals surface area contributed by atoms with Crippen molar-refractivity contribution in [2.75, 3.05) is 50.5 Å². The third-order valence-electron chi connectivity index (χ3n) is 5.06. The zero-order valence-corrected chi connectivity index (χ0v) is 19.4. The average molecular weight is 464 g/mol. The van der Waals surface area contributed by atoms with E-state index in [0.29, 0.717) is 12.1 Å². The highest BCUT2D eigenvalue weighted by atomic mass is 35.5. The SMILES string of the molecule is CSc1ccc(C(=O)N(CCCN2CCOCC2)c2nc3ccccc3s2)cc1.Cl. The van der Waals surface area contributed by atoms with Crippen molar-refractivity contribution < 1.29 is 9.53 Å². The summed E-state index contributed by atoms with van der Waals surface area (Å²) in [7, 11) is 0. The molecule has 1 aliphatic heterocycles. The number of morpholine rings is 1. The Kier molecular flexibility index (Phi) is 8.53. The fraction of sp³-hybridized carbons (Fsp3) is 0.364. The Morgan fingerprint density at radius 3 is 2.60 bits per heavy atom. The first-order valence-electron chi connectivity index (χ1n) is 9.86. The maximum atomic E-state index is 13.4. The van der Waals surface area contributed by atoms with Crippen LogP contribution in [0.4, 0.5) is 5.13 Å². The number of carbonyl (C=O) groups is 1. The summed E-state index contributed by atoms with van der Waals surface area (Å²) in [5.74, 6) is 0.0127. The minimum absolute atomic E-state index is 0. The number of hydrogen-bond donors (Lipinski definition) is 0. The molecule has 2 aromatic carbocycles. The van der Waals surface area contributed by atoms with Gasteiger partial charge in [-0.05, 0) is 49.1 Å².